The van der Waals surface area contributed by atoms with E-state index in [-0.39, 0.29) is 16.9 Å². The van der Waals surface area contributed by atoms with Gasteiger partial charge in [0.25, 0.3) is 5.92 Å². The highest BCUT2D eigenvalue weighted by atomic mass is 35.5. The van der Waals surface area contributed by atoms with Crippen molar-refractivity contribution >= 4 is 28.5 Å². The highest BCUT2D eigenvalue weighted by Gasteiger charge is 2.58. The van der Waals surface area contributed by atoms with Gasteiger partial charge in [-0.2, -0.15) is 23.3 Å². The molecule has 1 aromatic carbocycles. The molecule has 0 atom stereocenters. The van der Waals surface area contributed by atoms with Crippen LogP contribution in [0.25, 0.3) is 22.4 Å². The molecule has 0 saturated heterocycles. The lowest BCUT2D eigenvalue weighted by Gasteiger charge is -2.48. The Morgan fingerprint density at radius 1 is 1.00 bits per heavy atom. The Balaban J connectivity index is 1.51. The largest absolute Gasteiger partial charge is 0.434 e. The molecular weight excluding hydrogens is 481 g/mol. The Hall–Kier alpha value is -3.28. The van der Waals surface area contributed by atoms with Gasteiger partial charge in [-0.25, -0.2) is 18.7 Å². The van der Waals surface area contributed by atoms with Crippen LogP contribution in [0.15, 0.2) is 36.7 Å². The van der Waals surface area contributed by atoms with E-state index in [2.05, 4.69) is 25.4 Å². The lowest BCUT2D eigenvalue weighted by atomic mass is 9.68. The fourth-order valence-electron chi connectivity index (χ4n) is 4.32. The van der Waals surface area contributed by atoms with Crippen molar-refractivity contribution in [1.29, 1.82) is 0 Å². The molecule has 1 fully saturated rings. The summed E-state index contributed by atoms with van der Waals surface area (Å²) in [4.78, 5) is 11.9. The molecule has 0 aliphatic heterocycles. The highest BCUT2D eigenvalue weighted by Crippen LogP contribution is 2.53. The normalized spacial score (nSPS) is 17.1. The van der Waals surface area contributed by atoms with Crippen molar-refractivity contribution in [2.75, 3.05) is 5.32 Å². The van der Waals surface area contributed by atoms with Gasteiger partial charge in [0, 0.05) is 38.7 Å². The Kier molecular flexibility index (Phi) is 4.87. The molecule has 3 heterocycles. The number of alkyl halides is 5. The third-order valence-electron chi connectivity index (χ3n) is 5.79. The van der Waals surface area contributed by atoms with Crippen molar-refractivity contribution in [3.63, 3.8) is 0 Å². The van der Waals surface area contributed by atoms with E-state index in [1.54, 1.807) is 37.5 Å². The quantitative estimate of drug-likeness (QED) is 0.311. The van der Waals surface area contributed by atoms with Crippen molar-refractivity contribution in [2.45, 2.75) is 30.5 Å². The second-order valence-corrected chi connectivity index (χ2v) is 8.77. The predicted octanol–water partition coefficient (Wildman–Crippen LogP) is 5.17. The molecule has 1 aliphatic rings. The van der Waals surface area contributed by atoms with Crippen LogP contribution in [0.4, 0.5) is 27.8 Å². The van der Waals surface area contributed by atoms with E-state index in [0.29, 0.717) is 22.2 Å². The molecule has 7 nitrogen and oxygen atoms in total. The fraction of sp³-hybridized carbons (Fsp3) is 0.333. The van der Waals surface area contributed by atoms with Crippen LogP contribution in [0.2, 0.25) is 5.28 Å². The molecule has 0 bridgehead atoms. The molecule has 4 aromatic rings. The third kappa shape index (κ3) is 3.85. The number of rotatable bonds is 4. The molecule has 1 saturated carbocycles. The van der Waals surface area contributed by atoms with Crippen molar-refractivity contribution in [2.24, 2.45) is 14.1 Å². The summed E-state index contributed by atoms with van der Waals surface area (Å²) in [7, 11) is 3.14. The SMILES string of the molecule is Cn1cc2nc(Cl)nc(NC3(c4ccc(-c5nc(C(F)(F)F)cn5C)cc4)CC(F)(F)C3)c2n1. The van der Waals surface area contributed by atoms with E-state index < -0.39 is 36.2 Å². The summed E-state index contributed by atoms with van der Waals surface area (Å²) in [6, 6.07) is 6.30. The number of hydrogen-bond donors (Lipinski definition) is 1. The number of anilines is 1. The summed E-state index contributed by atoms with van der Waals surface area (Å²) < 4.78 is 70.0. The van der Waals surface area contributed by atoms with Crippen molar-refractivity contribution in [3.05, 3.63) is 53.2 Å². The number of halogens is 6. The molecule has 0 unspecified atom stereocenters. The Bertz CT molecular complexity index is 1380. The smallest absolute Gasteiger partial charge is 0.358 e. The first-order valence-electron chi connectivity index (χ1n) is 10.1. The van der Waals surface area contributed by atoms with Crippen LogP contribution < -0.4 is 5.32 Å². The number of nitrogens with one attached hydrogen (secondary N) is 1. The van der Waals surface area contributed by atoms with Gasteiger partial charge in [0.2, 0.25) is 5.28 Å². The number of benzene rings is 1. The monoisotopic (exact) mass is 497 g/mol. The average molecular weight is 498 g/mol. The third-order valence-corrected chi connectivity index (χ3v) is 5.96. The predicted molar refractivity (Wildman–Crippen MR) is 114 cm³/mol. The Morgan fingerprint density at radius 3 is 2.26 bits per heavy atom. The summed E-state index contributed by atoms with van der Waals surface area (Å²) in [6.45, 7) is 0. The summed E-state index contributed by atoms with van der Waals surface area (Å²) in [5, 5.41) is 7.33. The average Bonchev–Trinajstić information content (AvgIpc) is 3.28. The molecule has 1 aliphatic carbocycles. The first-order chi connectivity index (χ1) is 15.9. The highest BCUT2D eigenvalue weighted by molar-refractivity contribution is 6.28. The van der Waals surface area contributed by atoms with Crippen molar-refractivity contribution in [3.8, 4) is 11.4 Å². The van der Waals surface area contributed by atoms with Gasteiger partial charge in [-0.15, -0.1) is 0 Å². The number of aromatic nitrogens is 6. The number of imidazole rings is 1. The Labute approximate surface area is 194 Å². The lowest BCUT2D eigenvalue weighted by molar-refractivity contribution is -0.140. The maximum Gasteiger partial charge on any atom is 0.434 e. The van der Waals surface area contributed by atoms with Crippen LogP contribution in [0.3, 0.4) is 0 Å². The van der Waals surface area contributed by atoms with Crippen LogP contribution in [0, 0.1) is 0 Å². The Morgan fingerprint density at radius 2 is 1.68 bits per heavy atom. The summed E-state index contributed by atoms with van der Waals surface area (Å²) in [5.74, 6) is -2.57. The van der Waals surface area contributed by atoms with Crippen molar-refractivity contribution in [1.82, 2.24) is 29.3 Å². The molecule has 0 spiro atoms. The summed E-state index contributed by atoms with van der Waals surface area (Å²) >= 11 is 6.03. The lowest BCUT2D eigenvalue weighted by Crippen LogP contribution is -2.54. The summed E-state index contributed by atoms with van der Waals surface area (Å²) in [6.07, 6.45) is -3.05. The van der Waals surface area contributed by atoms with Crippen LogP contribution in [0.1, 0.15) is 24.1 Å². The molecular formula is C21H17ClF5N7. The van der Waals surface area contributed by atoms with Gasteiger partial charge in [0.15, 0.2) is 17.0 Å². The molecule has 178 valence electrons. The van der Waals surface area contributed by atoms with Gasteiger partial charge >= 0.3 is 6.18 Å². The molecule has 5 rings (SSSR count). The molecule has 1 N–H and O–H groups in total. The standard InChI is InChI=1S/C21H17ClF5N7/c1-33-8-14(21(25,26)27)29-17(33)11-3-5-12(6-4-11)19(9-20(23,24)10-19)31-16-15-13(7-34(2)32-15)28-18(22)30-16/h3-8H,9-10H2,1-2H3,(H,28,30,31). The van der Waals surface area contributed by atoms with E-state index in [4.69, 9.17) is 11.6 Å². The second kappa shape index (κ2) is 7.36. The van der Waals surface area contributed by atoms with Crippen LogP contribution in [-0.2, 0) is 25.8 Å². The minimum atomic E-state index is -4.57. The van der Waals surface area contributed by atoms with Gasteiger partial charge in [0.05, 0.1) is 11.7 Å². The van der Waals surface area contributed by atoms with Gasteiger partial charge < -0.3 is 9.88 Å². The van der Waals surface area contributed by atoms with E-state index in [0.717, 1.165) is 6.20 Å². The van der Waals surface area contributed by atoms with Crippen LogP contribution >= 0.6 is 11.6 Å². The molecule has 34 heavy (non-hydrogen) atoms. The van der Waals surface area contributed by atoms with Crippen LogP contribution in [-0.4, -0.2) is 35.2 Å². The molecule has 3 aromatic heterocycles. The van der Waals surface area contributed by atoms with Gasteiger partial charge in [-0.05, 0) is 17.2 Å². The van der Waals surface area contributed by atoms with E-state index in [1.165, 1.54) is 16.3 Å². The molecule has 0 amide bonds. The van der Waals surface area contributed by atoms with Gasteiger partial charge in [0.1, 0.15) is 11.3 Å². The minimum Gasteiger partial charge on any atom is -0.358 e. The zero-order chi connectivity index (χ0) is 24.5. The first-order valence-corrected chi connectivity index (χ1v) is 10.5. The van der Waals surface area contributed by atoms with Crippen LogP contribution in [0.5, 0.6) is 0 Å². The topological polar surface area (TPSA) is 73.5 Å². The van der Waals surface area contributed by atoms with Gasteiger partial charge in [-0.1, -0.05) is 24.3 Å². The van der Waals surface area contributed by atoms with E-state index in [1.807, 2.05) is 0 Å². The maximum absolute atomic E-state index is 14.1. The second-order valence-electron chi connectivity index (χ2n) is 8.43. The number of nitrogens with zero attached hydrogens (tertiary/aromatic N) is 6. The van der Waals surface area contributed by atoms with E-state index >= 15 is 0 Å². The zero-order valence-electron chi connectivity index (χ0n) is 17.8. The number of aryl methyl sites for hydroxylation is 2. The first kappa shape index (κ1) is 22.5. The summed E-state index contributed by atoms with van der Waals surface area (Å²) in [5.41, 5.74) is -0.414. The number of fused-ring (bicyclic) bond motifs is 1. The minimum absolute atomic E-state index is 0.0603. The molecule has 0 radical (unpaired) electrons. The molecule has 13 heteroatoms. The zero-order valence-corrected chi connectivity index (χ0v) is 18.6. The van der Waals surface area contributed by atoms with Gasteiger partial charge in [-0.3, -0.25) is 4.68 Å². The maximum atomic E-state index is 14.1. The van der Waals surface area contributed by atoms with Crippen molar-refractivity contribution < 1.29 is 22.0 Å². The van der Waals surface area contributed by atoms with E-state index in [9.17, 15) is 22.0 Å². The fourth-order valence-corrected chi connectivity index (χ4v) is 4.49. The number of hydrogen-bond acceptors (Lipinski definition) is 5.